The van der Waals surface area contributed by atoms with E-state index in [2.05, 4.69) is 32.6 Å². The van der Waals surface area contributed by atoms with Crippen LogP contribution in [0.2, 0.25) is 0 Å². The van der Waals surface area contributed by atoms with Crippen molar-refractivity contribution in [3.05, 3.63) is 0 Å². The fourth-order valence-corrected chi connectivity index (χ4v) is 3.99. The number of hydrogen-bond donors (Lipinski definition) is 1. The summed E-state index contributed by atoms with van der Waals surface area (Å²) < 4.78 is 0. The minimum Gasteiger partial charge on any atom is -0.327 e. The molecule has 4 atom stereocenters. The van der Waals surface area contributed by atoms with Crippen LogP contribution in [0.4, 0.5) is 0 Å². The van der Waals surface area contributed by atoms with E-state index >= 15 is 0 Å². The van der Waals surface area contributed by atoms with Crippen LogP contribution in [0.5, 0.6) is 0 Å². The summed E-state index contributed by atoms with van der Waals surface area (Å²) >= 11 is 0. The minimum absolute atomic E-state index is 0.405. The highest BCUT2D eigenvalue weighted by Crippen LogP contribution is 2.45. The second kappa shape index (κ2) is 5.50. The van der Waals surface area contributed by atoms with Crippen LogP contribution in [0.15, 0.2) is 0 Å². The number of likely N-dealkylation sites (tertiary alicyclic amines) is 1. The van der Waals surface area contributed by atoms with E-state index in [1.165, 1.54) is 45.3 Å². The van der Waals surface area contributed by atoms with Gasteiger partial charge in [0, 0.05) is 19.1 Å². The van der Waals surface area contributed by atoms with Gasteiger partial charge in [0.1, 0.15) is 0 Å². The monoisotopic (exact) mass is 252 g/mol. The summed E-state index contributed by atoms with van der Waals surface area (Å²) in [5.74, 6) is 2.44. The standard InChI is InChI=1S/C16H32N2/c1-5-13-8-9-18(10-13)11-14-6-7-15(17)12(2)16(14,3)4/h12-15H,5-11,17H2,1-4H3. The van der Waals surface area contributed by atoms with Crippen LogP contribution in [0.25, 0.3) is 0 Å². The van der Waals surface area contributed by atoms with E-state index in [-0.39, 0.29) is 0 Å². The van der Waals surface area contributed by atoms with Gasteiger partial charge in [0.2, 0.25) is 0 Å². The molecule has 0 aromatic heterocycles. The van der Waals surface area contributed by atoms with E-state index in [0.717, 1.165) is 11.8 Å². The van der Waals surface area contributed by atoms with Gasteiger partial charge in [-0.15, -0.1) is 0 Å². The first-order chi connectivity index (χ1) is 8.45. The molecular weight excluding hydrogens is 220 g/mol. The maximum absolute atomic E-state index is 6.25. The molecule has 0 aromatic rings. The third kappa shape index (κ3) is 2.75. The third-order valence-electron chi connectivity index (χ3n) is 6.14. The molecule has 2 aliphatic rings. The summed E-state index contributed by atoms with van der Waals surface area (Å²) in [7, 11) is 0. The zero-order valence-electron chi connectivity index (χ0n) is 12.8. The van der Waals surface area contributed by atoms with E-state index in [0.29, 0.717) is 17.4 Å². The van der Waals surface area contributed by atoms with Crippen LogP contribution < -0.4 is 5.73 Å². The molecule has 2 N–H and O–H groups in total. The molecule has 2 rings (SSSR count). The van der Waals surface area contributed by atoms with Crippen LogP contribution in [0, 0.1) is 23.2 Å². The van der Waals surface area contributed by atoms with Crippen molar-refractivity contribution in [1.29, 1.82) is 0 Å². The lowest BCUT2D eigenvalue weighted by atomic mass is 9.61. The van der Waals surface area contributed by atoms with Crippen LogP contribution in [0.3, 0.4) is 0 Å². The lowest BCUT2D eigenvalue weighted by Gasteiger charge is -2.48. The Labute approximate surface area is 113 Å². The summed E-state index contributed by atoms with van der Waals surface area (Å²) in [6.07, 6.45) is 5.32. The molecule has 0 bridgehead atoms. The Morgan fingerprint density at radius 2 is 1.94 bits per heavy atom. The molecular formula is C16H32N2. The zero-order chi connectivity index (χ0) is 13.3. The first-order valence-electron chi connectivity index (χ1n) is 7.93. The summed E-state index contributed by atoms with van der Waals surface area (Å²) in [6, 6.07) is 0.415. The van der Waals surface area contributed by atoms with Gasteiger partial charge < -0.3 is 10.6 Å². The fraction of sp³-hybridized carbons (Fsp3) is 1.00. The van der Waals surface area contributed by atoms with Gasteiger partial charge in [-0.2, -0.15) is 0 Å². The van der Waals surface area contributed by atoms with Gasteiger partial charge in [-0.05, 0) is 49.0 Å². The molecule has 1 heterocycles. The molecule has 0 radical (unpaired) electrons. The van der Waals surface area contributed by atoms with Crippen molar-refractivity contribution in [3.63, 3.8) is 0 Å². The largest absolute Gasteiger partial charge is 0.327 e. The molecule has 0 spiro atoms. The third-order valence-corrected chi connectivity index (χ3v) is 6.14. The highest BCUT2D eigenvalue weighted by molar-refractivity contribution is 4.95. The first kappa shape index (κ1) is 14.3. The Morgan fingerprint density at radius 1 is 1.22 bits per heavy atom. The number of nitrogens with zero attached hydrogens (tertiary/aromatic N) is 1. The van der Waals surface area contributed by atoms with Crippen molar-refractivity contribution in [2.75, 3.05) is 19.6 Å². The summed E-state index contributed by atoms with van der Waals surface area (Å²) in [5, 5.41) is 0. The van der Waals surface area contributed by atoms with Gasteiger partial charge in [-0.3, -0.25) is 0 Å². The predicted octanol–water partition coefficient (Wildman–Crippen LogP) is 3.12. The first-order valence-corrected chi connectivity index (χ1v) is 7.93. The lowest BCUT2D eigenvalue weighted by Crippen LogP contribution is -2.49. The van der Waals surface area contributed by atoms with Crippen molar-refractivity contribution >= 4 is 0 Å². The Bertz CT molecular complexity index is 274. The maximum Gasteiger partial charge on any atom is 0.00698 e. The Hall–Kier alpha value is -0.0800. The topological polar surface area (TPSA) is 29.3 Å². The SMILES string of the molecule is CCC1CCN(CC2CCC(N)C(C)C2(C)C)C1. The highest BCUT2D eigenvalue weighted by atomic mass is 15.1. The molecule has 0 amide bonds. The molecule has 18 heavy (non-hydrogen) atoms. The van der Waals surface area contributed by atoms with Gasteiger partial charge >= 0.3 is 0 Å². The van der Waals surface area contributed by atoms with E-state index in [9.17, 15) is 0 Å². The second-order valence-electron chi connectivity index (χ2n) is 7.37. The molecule has 4 unspecified atom stereocenters. The smallest absolute Gasteiger partial charge is 0.00698 e. The van der Waals surface area contributed by atoms with Gasteiger partial charge in [-0.25, -0.2) is 0 Å². The van der Waals surface area contributed by atoms with Crippen molar-refractivity contribution in [2.24, 2.45) is 28.9 Å². The zero-order valence-corrected chi connectivity index (χ0v) is 12.8. The summed E-state index contributed by atoms with van der Waals surface area (Å²) in [5.41, 5.74) is 6.66. The molecule has 1 saturated heterocycles. The Kier molecular flexibility index (Phi) is 4.38. The number of rotatable bonds is 3. The number of hydrogen-bond acceptors (Lipinski definition) is 2. The van der Waals surface area contributed by atoms with Crippen LogP contribution >= 0.6 is 0 Å². The van der Waals surface area contributed by atoms with Crippen molar-refractivity contribution < 1.29 is 0 Å². The van der Waals surface area contributed by atoms with E-state index in [1.54, 1.807) is 0 Å². The van der Waals surface area contributed by atoms with Crippen molar-refractivity contribution in [2.45, 2.75) is 59.4 Å². The molecule has 1 aliphatic heterocycles. The van der Waals surface area contributed by atoms with Gasteiger partial charge in [0.15, 0.2) is 0 Å². The summed E-state index contributed by atoms with van der Waals surface area (Å²) in [6.45, 7) is 13.5. The van der Waals surface area contributed by atoms with Gasteiger partial charge in [-0.1, -0.05) is 34.1 Å². The molecule has 2 nitrogen and oxygen atoms in total. The normalized spacial score (nSPS) is 41.2. The van der Waals surface area contributed by atoms with Crippen molar-refractivity contribution in [3.8, 4) is 0 Å². The van der Waals surface area contributed by atoms with E-state index in [1.807, 2.05) is 0 Å². The van der Waals surface area contributed by atoms with Crippen LogP contribution in [0.1, 0.15) is 53.4 Å². The molecule has 1 aliphatic carbocycles. The second-order valence-corrected chi connectivity index (χ2v) is 7.37. The predicted molar refractivity (Wildman–Crippen MR) is 78.5 cm³/mol. The molecule has 106 valence electrons. The lowest BCUT2D eigenvalue weighted by molar-refractivity contribution is 0.0327. The highest BCUT2D eigenvalue weighted by Gasteiger charge is 2.42. The average Bonchev–Trinajstić information content (AvgIpc) is 2.78. The molecule has 0 aromatic carbocycles. The van der Waals surface area contributed by atoms with Crippen LogP contribution in [-0.2, 0) is 0 Å². The van der Waals surface area contributed by atoms with Crippen molar-refractivity contribution in [1.82, 2.24) is 4.90 Å². The Morgan fingerprint density at radius 3 is 2.56 bits per heavy atom. The van der Waals surface area contributed by atoms with Gasteiger partial charge in [0.25, 0.3) is 0 Å². The average molecular weight is 252 g/mol. The molecule has 1 saturated carbocycles. The van der Waals surface area contributed by atoms with Crippen LogP contribution in [-0.4, -0.2) is 30.6 Å². The van der Waals surface area contributed by atoms with E-state index < -0.39 is 0 Å². The van der Waals surface area contributed by atoms with E-state index in [4.69, 9.17) is 5.73 Å². The van der Waals surface area contributed by atoms with Gasteiger partial charge in [0.05, 0.1) is 0 Å². The molecule has 2 heteroatoms. The Balaban J connectivity index is 1.93. The molecule has 2 fully saturated rings. The number of nitrogens with two attached hydrogens (primary N) is 1. The summed E-state index contributed by atoms with van der Waals surface area (Å²) in [4.78, 5) is 2.71. The quantitative estimate of drug-likeness (QED) is 0.836. The maximum atomic E-state index is 6.25. The fourth-order valence-electron chi connectivity index (χ4n) is 3.99. The minimum atomic E-state index is 0.405.